The predicted octanol–water partition coefficient (Wildman–Crippen LogP) is 4.29. The van der Waals surface area contributed by atoms with Crippen molar-refractivity contribution in [1.82, 2.24) is 9.88 Å². The van der Waals surface area contributed by atoms with Crippen LogP contribution in [-0.4, -0.2) is 29.5 Å². The largest absolute Gasteiger partial charge is 0.360 e. The number of hydrogen-bond donors (Lipinski definition) is 1. The minimum Gasteiger partial charge on any atom is -0.360 e. The van der Waals surface area contributed by atoms with Crippen LogP contribution in [0.25, 0.3) is 0 Å². The average molecular weight is 310 g/mol. The Bertz CT molecular complexity index is 511. The van der Waals surface area contributed by atoms with Crippen LogP contribution < -0.4 is 5.32 Å². The van der Waals surface area contributed by atoms with Crippen LogP contribution in [0.4, 0.5) is 5.13 Å². The van der Waals surface area contributed by atoms with Crippen LogP contribution in [0.2, 0.25) is 5.15 Å². The minimum absolute atomic E-state index is 0.342. The fraction of sp³-hybridized carbons (Fsp3) is 0.400. The molecule has 0 radical (unpaired) electrons. The third-order valence-corrected chi connectivity index (χ3v) is 4.48. The molecule has 0 amide bonds. The second kappa shape index (κ2) is 7.62. The van der Waals surface area contributed by atoms with Crippen LogP contribution in [0, 0.1) is 0 Å². The first-order valence-corrected chi connectivity index (χ1v) is 8.14. The zero-order chi connectivity index (χ0) is 14.4. The second-order valence-corrected chi connectivity index (χ2v) is 5.75. The van der Waals surface area contributed by atoms with Gasteiger partial charge < -0.3 is 5.32 Å². The summed E-state index contributed by atoms with van der Waals surface area (Å²) in [6, 6.07) is 10.9. The van der Waals surface area contributed by atoms with Gasteiger partial charge in [-0.3, -0.25) is 4.90 Å². The molecule has 2 rings (SSSR count). The van der Waals surface area contributed by atoms with Crippen molar-refractivity contribution in [1.29, 1.82) is 0 Å². The van der Waals surface area contributed by atoms with Gasteiger partial charge >= 0.3 is 0 Å². The SMILES string of the molecule is CCN(CC)C(CNc1nc(Cl)cs1)c1ccccc1. The number of halogens is 1. The van der Waals surface area contributed by atoms with Crippen LogP contribution in [0.1, 0.15) is 25.5 Å². The number of likely N-dealkylation sites (N-methyl/N-ethyl adjacent to an activating group) is 1. The molecule has 1 aromatic carbocycles. The van der Waals surface area contributed by atoms with E-state index in [1.165, 1.54) is 5.56 Å². The zero-order valence-electron chi connectivity index (χ0n) is 11.8. The molecular formula is C15H20ClN3S. The van der Waals surface area contributed by atoms with Crippen molar-refractivity contribution in [3.63, 3.8) is 0 Å². The highest BCUT2D eigenvalue weighted by molar-refractivity contribution is 7.14. The molecule has 0 aliphatic heterocycles. The van der Waals surface area contributed by atoms with E-state index < -0.39 is 0 Å². The molecule has 1 N–H and O–H groups in total. The quantitative estimate of drug-likeness (QED) is 0.827. The Morgan fingerprint density at radius 1 is 1.25 bits per heavy atom. The van der Waals surface area contributed by atoms with Gasteiger partial charge in [0, 0.05) is 11.9 Å². The smallest absolute Gasteiger partial charge is 0.184 e. The van der Waals surface area contributed by atoms with Gasteiger partial charge in [0.2, 0.25) is 0 Å². The minimum atomic E-state index is 0.342. The van der Waals surface area contributed by atoms with Gasteiger partial charge in [-0.25, -0.2) is 4.98 Å². The molecule has 3 nitrogen and oxygen atoms in total. The lowest BCUT2D eigenvalue weighted by Gasteiger charge is -2.30. The van der Waals surface area contributed by atoms with E-state index in [9.17, 15) is 0 Å². The summed E-state index contributed by atoms with van der Waals surface area (Å²) in [5.74, 6) is 0. The van der Waals surface area contributed by atoms with Crippen molar-refractivity contribution in [3.05, 3.63) is 46.4 Å². The highest BCUT2D eigenvalue weighted by Crippen LogP contribution is 2.23. The maximum absolute atomic E-state index is 5.86. The fourth-order valence-corrected chi connectivity index (χ4v) is 3.16. The van der Waals surface area contributed by atoms with Gasteiger partial charge in [-0.1, -0.05) is 55.8 Å². The van der Waals surface area contributed by atoms with Crippen LogP contribution in [0.15, 0.2) is 35.7 Å². The summed E-state index contributed by atoms with van der Waals surface area (Å²) >= 11 is 7.40. The summed E-state index contributed by atoms with van der Waals surface area (Å²) in [6.45, 7) is 7.27. The number of nitrogens with one attached hydrogen (secondary N) is 1. The van der Waals surface area contributed by atoms with Crippen LogP contribution in [-0.2, 0) is 0 Å². The Kier molecular flexibility index (Phi) is 5.83. The van der Waals surface area contributed by atoms with Crippen molar-refractivity contribution in [2.24, 2.45) is 0 Å². The molecule has 1 atom stereocenters. The summed E-state index contributed by atoms with van der Waals surface area (Å²) in [6.07, 6.45) is 0. The van der Waals surface area contributed by atoms with Gasteiger partial charge in [-0.15, -0.1) is 11.3 Å². The molecule has 0 bridgehead atoms. The lowest BCUT2D eigenvalue weighted by molar-refractivity contribution is 0.228. The Morgan fingerprint density at radius 2 is 1.95 bits per heavy atom. The number of benzene rings is 1. The van der Waals surface area contributed by atoms with Crippen LogP contribution in [0.5, 0.6) is 0 Å². The molecule has 2 aromatic rings. The summed E-state index contributed by atoms with van der Waals surface area (Å²) in [7, 11) is 0. The lowest BCUT2D eigenvalue weighted by Crippen LogP contribution is -2.33. The monoisotopic (exact) mass is 309 g/mol. The number of hydrogen-bond acceptors (Lipinski definition) is 4. The third-order valence-electron chi connectivity index (χ3n) is 3.36. The first kappa shape index (κ1) is 15.3. The summed E-state index contributed by atoms with van der Waals surface area (Å²) < 4.78 is 0. The molecule has 0 saturated heterocycles. The van der Waals surface area contributed by atoms with Crippen molar-refractivity contribution in [2.45, 2.75) is 19.9 Å². The van der Waals surface area contributed by atoms with Gasteiger partial charge in [0.1, 0.15) is 5.15 Å². The lowest BCUT2D eigenvalue weighted by atomic mass is 10.1. The summed E-state index contributed by atoms with van der Waals surface area (Å²) in [5.41, 5.74) is 1.33. The molecule has 1 heterocycles. The Labute approximate surface area is 129 Å². The molecule has 0 saturated carbocycles. The standard InChI is InChI=1S/C15H20ClN3S/c1-3-19(4-2)13(12-8-6-5-7-9-12)10-17-15-18-14(16)11-20-15/h5-9,11,13H,3-4,10H2,1-2H3,(H,17,18). The molecule has 1 aromatic heterocycles. The number of thiazole rings is 1. The van der Waals surface area contributed by atoms with E-state index in [4.69, 9.17) is 11.6 Å². The third kappa shape index (κ3) is 3.95. The van der Waals surface area contributed by atoms with Crippen LogP contribution >= 0.6 is 22.9 Å². The topological polar surface area (TPSA) is 28.2 Å². The van der Waals surface area contributed by atoms with Gasteiger partial charge in [-0.05, 0) is 18.7 Å². The second-order valence-electron chi connectivity index (χ2n) is 4.50. The Balaban J connectivity index is 2.10. The van der Waals surface area contributed by atoms with E-state index in [2.05, 4.69) is 59.4 Å². The zero-order valence-corrected chi connectivity index (χ0v) is 13.4. The summed E-state index contributed by atoms with van der Waals surface area (Å²) in [4.78, 5) is 6.68. The van der Waals surface area contributed by atoms with E-state index in [1.807, 2.05) is 5.38 Å². The fourth-order valence-electron chi connectivity index (χ4n) is 2.32. The van der Waals surface area contributed by atoms with Gasteiger partial charge in [-0.2, -0.15) is 0 Å². The molecule has 5 heteroatoms. The molecule has 1 unspecified atom stereocenters. The molecule has 0 fully saturated rings. The van der Waals surface area contributed by atoms with Crippen molar-refractivity contribution in [2.75, 3.05) is 25.0 Å². The van der Waals surface area contributed by atoms with E-state index in [1.54, 1.807) is 11.3 Å². The van der Waals surface area contributed by atoms with Gasteiger partial charge in [0.05, 0.1) is 6.04 Å². The Morgan fingerprint density at radius 3 is 2.50 bits per heavy atom. The van der Waals surface area contributed by atoms with Gasteiger partial charge in [0.15, 0.2) is 5.13 Å². The van der Waals surface area contributed by atoms with E-state index in [-0.39, 0.29) is 0 Å². The molecule has 20 heavy (non-hydrogen) atoms. The average Bonchev–Trinajstić information content (AvgIpc) is 2.90. The molecule has 0 aliphatic rings. The first-order valence-electron chi connectivity index (χ1n) is 6.88. The maximum atomic E-state index is 5.86. The normalized spacial score (nSPS) is 12.6. The molecule has 0 aliphatic carbocycles. The molecule has 108 valence electrons. The van der Waals surface area contributed by atoms with Crippen molar-refractivity contribution in [3.8, 4) is 0 Å². The number of nitrogens with zero attached hydrogens (tertiary/aromatic N) is 2. The van der Waals surface area contributed by atoms with Crippen molar-refractivity contribution < 1.29 is 0 Å². The van der Waals surface area contributed by atoms with E-state index in [0.29, 0.717) is 11.2 Å². The first-order chi connectivity index (χ1) is 9.74. The Hall–Kier alpha value is -1.10. The number of aromatic nitrogens is 1. The molecule has 0 spiro atoms. The summed E-state index contributed by atoms with van der Waals surface area (Å²) in [5, 5.41) is 6.67. The van der Waals surface area contributed by atoms with Crippen molar-refractivity contribution >= 4 is 28.1 Å². The highest BCUT2D eigenvalue weighted by Gasteiger charge is 2.17. The molecular weight excluding hydrogens is 290 g/mol. The van der Waals surface area contributed by atoms with E-state index >= 15 is 0 Å². The van der Waals surface area contributed by atoms with E-state index in [0.717, 1.165) is 24.8 Å². The predicted molar refractivity (Wildman–Crippen MR) is 87.7 cm³/mol. The number of rotatable bonds is 7. The number of anilines is 1. The van der Waals surface area contributed by atoms with Gasteiger partial charge in [0.25, 0.3) is 0 Å². The van der Waals surface area contributed by atoms with Crippen LogP contribution in [0.3, 0.4) is 0 Å². The maximum Gasteiger partial charge on any atom is 0.184 e. The highest BCUT2D eigenvalue weighted by atomic mass is 35.5.